The van der Waals surface area contributed by atoms with Gasteiger partial charge in [0.25, 0.3) is 0 Å². The number of aliphatic carboxylic acids is 1. The molecule has 122 valence electrons. The van der Waals surface area contributed by atoms with Crippen molar-refractivity contribution >= 4 is 28.6 Å². The summed E-state index contributed by atoms with van der Waals surface area (Å²) < 4.78 is 10.3. The highest BCUT2D eigenvalue weighted by Gasteiger charge is 2.09. The molecule has 6 nitrogen and oxygen atoms in total. The van der Waals surface area contributed by atoms with Gasteiger partial charge in [0.1, 0.15) is 6.04 Å². The minimum Gasteiger partial charge on any atom is -0.493 e. The van der Waals surface area contributed by atoms with Crippen LogP contribution >= 0.6 is 11.8 Å². The van der Waals surface area contributed by atoms with E-state index in [-0.39, 0.29) is 0 Å². The summed E-state index contributed by atoms with van der Waals surface area (Å²) in [5, 5.41) is 9.40. The Morgan fingerprint density at radius 3 is 2.55 bits per heavy atom. The lowest BCUT2D eigenvalue weighted by molar-refractivity contribution is -0.138. The van der Waals surface area contributed by atoms with Crippen LogP contribution in [0.25, 0.3) is 10.9 Å². The van der Waals surface area contributed by atoms with Crippen LogP contribution in [0.5, 0.6) is 11.5 Å². The molecule has 0 radical (unpaired) electrons. The van der Waals surface area contributed by atoms with E-state index in [9.17, 15) is 4.79 Å². The Labute approximate surface area is 134 Å². The van der Waals surface area contributed by atoms with Crippen molar-refractivity contribution in [2.24, 2.45) is 5.73 Å². The Balaban J connectivity index is 0.000000239. The van der Waals surface area contributed by atoms with Crippen LogP contribution in [-0.4, -0.2) is 48.3 Å². The molecule has 0 fully saturated rings. The second-order valence-electron chi connectivity index (χ2n) is 4.50. The monoisotopic (exact) mass is 326 g/mol. The van der Waals surface area contributed by atoms with Gasteiger partial charge in [0, 0.05) is 23.2 Å². The molecule has 22 heavy (non-hydrogen) atoms. The minimum absolute atomic E-state index is 0.552. The van der Waals surface area contributed by atoms with E-state index in [1.807, 2.05) is 30.7 Å². The highest BCUT2D eigenvalue weighted by molar-refractivity contribution is 7.98. The predicted molar refractivity (Wildman–Crippen MR) is 90.0 cm³/mol. The third kappa shape index (κ3) is 5.16. The second kappa shape index (κ2) is 9.22. The Morgan fingerprint density at radius 2 is 2.00 bits per heavy atom. The molecule has 0 aliphatic rings. The molecule has 0 bridgehead atoms. The van der Waals surface area contributed by atoms with E-state index in [0.29, 0.717) is 6.42 Å². The van der Waals surface area contributed by atoms with E-state index in [1.165, 1.54) is 0 Å². The van der Waals surface area contributed by atoms with Crippen molar-refractivity contribution in [2.45, 2.75) is 12.5 Å². The molecule has 1 atom stereocenters. The van der Waals surface area contributed by atoms with Gasteiger partial charge < -0.3 is 25.3 Å². The number of aromatic nitrogens is 1. The van der Waals surface area contributed by atoms with Crippen molar-refractivity contribution in [1.29, 1.82) is 0 Å². The lowest BCUT2D eigenvalue weighted by Gasteiger charge is -2.06. The third-order valence-electron chi connectivity index (χ3n) is 3.01. The van der Waals surface area contributed by atoms with Crippen molar-refractivity contribution in [3.05, 3.63) is 24.4 Å². The quantitative estimate of drug-likeness (QED) is 0.754. The largest absolute Gasteiger partial charge is 0.493 e. The summed E-state index contributed by atoms with van der Waals surface area (Å²) in [5.74, 6) is 1.41. The molecule has 0 aliphatic carbocycles. The van der Waals surface area contributed by atoms with Gasteiger partial charge in [0.05, 0.1) is 14.2 Å². The van der Waals surface area contributed by atoms with Gasteiger partial charge in [0.2, 0.25) is 0 Å². The molecule has 4 N–H and O–H groups in total. The number of methoxy groups -OCH3 is 2. The van der Waals surface area contributed by atoms with Gasteiger partial charge in [-0.15, -0.1) is 0 Å². The number of carboxylic acid groups (broad SMARTS) is 1. The average Bonchev–Trinajstić information content (AvgIpc) is 2.98. The predicted octanol–water partition coefficient (Wildman–Crippen LogP) is 2.34. The van der Waals surface area contributed by atoms with Crippen LogP contribution in [0.2, 0.25) is 0 Å². The number of aromatic amines is 1. The maximum atomic E-state index is 10.1. The molecule has 2 rings (SSSR count). The number of hydrogen-bond donors (Lipinski definition) is 3. The van der Waals surface area contributed by atoms with Crippen LogP contribution in [0, 0.1) is 0 Å². The summed E-state index contributed by atoms with van der Waals surface area (Å²) in [4.78, 5) is 13.2. The summed E-state index contributed by atoms with van der Waals surface area (Å²) in [5.41, 5.74) is 6.24. The van der Waals surface area contributed by atoms with Crippen LogP contribution < -0.4 is 15.2 Å². The number of benzene rings is 1. The number of thioether (sulfide) groups is 1. The van der Waals surface area contributed by atoms with E-state index in [4.69, 9.17) is 20.3 Å². The van der Waals surface area contributed by atoms with Crippen molar-refractivity contribution < 1.29 is 19.4 Å². The summed E-state index contributed by atoms with van der Waals surface area (Å²) in [6, 6.07) is 5.19. The molecule has 0 amide bonds. The topological polar surface area (TPSA) is 97.6 Å². The zero-order valence-corrected chi connectivity index (χ0v) is 13.8. The minimum atomic E-state index is -0.913. The zero-order valence-electron chi connectivity index (χ0n) is 13.0. The zero-order chi connectivity index (χ0) is 16.5. The van der Waals surface area contributed by atoms with Crippen molar-refractivity contribution in [1.82, 2.24) is 4.98 Å². The van der Waals surface area contributed by atoms with Crippen LogP contribution in [0.4, 0.5) is 0 Å². The molecule has 2 aromatic rings. The van der Waals surface area contributed by atoms with Gasteiger partial charge in [-0.05, 0) is 30.6 Å². The number of nitrogens with two attached hydrogens (primary N) is 1. The lowest BCUT2D eigenvalue weighted by Crippen LogP contribution is -2.30. The summed E-state index contributed by atoms with van der Waals surface area (Å²) in [7, 11) is 3.27. The first-order chi connectivity index (χ1) is 10.5. The summed E-state index contributed by atoms with van der Waals surface area (Å²) in [6.45, 7) is 0. The van der Waals surface area contributed by atoms with Gasteiger partial charge >= 0.3 is 5.97 Å². The molecular weight excluding hydrogens is 304 g/mol. The number of ether oxygens (including phenoxy) is 2. The molecule has 0 unspecified atom stereocenters. The number of H-pyrrole nitrogens is 1. The maximum absolute atomic E-state index is 10.1. The molecule has 7 heteroatoms. The third-order valence-corrected chi connectivity index (χ3v) is 3.65. The Kier molecular flexibility index (Phi) is 7.62. The van der Waals surface area contributed by atoms with Crippen molar-refractivity contribution in [2.75, 3.05) is 26.2 Å². The van der Waals surface area contributed by atoms with E-state index in [1.54, 1.807) is 26.0 Å². The molecule has 1 aromatic heterocycles. The SMILES string of the molecule is COc1cc2cc[nH]c2cc1OC.CSCC[C@H](N)C(=O)O. The smallest absolute Gasteiger partial charge is 0.320 e. The van der Waals surface area contributed by atoms with E-state index < -0.39 is 12.0 Å². The second-order valence-corrected chi connectivity index (χ2v) is 5.48. The Bertz CT molecular complexity index is 562. The lowest BCUT2D eigenvalue weighted by atomic mass is 10.2. The fraction of sp³-hybridized carbons (Fsp3) is 0.400. The molecular formula is C15H22N2O4S. The fourth-order valence-electron chi connectivity index (χ4n) is 1.75. The van der Waals surface area contributed by atoms with Crippen molar-refractivity contribution in [3.63, 3.8) is 0 Å². The number of fused-ring (bicyclic) bond motifs is 1. The first-order valence-electron chi connectivity index (χ1n) is 6.70. The number of hydrogen-bond acceptors (Lipinski definition) is 5. The van der Waals surface area contributed by atoms with Crippen molar-refractivity contribution in [3.8, 4) is 11.5 Å². The number of rotatable bonds is 6. The molecule has 0 aliphatic heterocycles. The first kappa shape index (κ1) is 18.2. The van der Waals surface area contributed by atoms with E-state index >= 15 is 0 Å². The fourth-order valence-corrected chi connectivity index (χ4v) is 2.24. The molecule has 0 saturated carbocycles. The van der Waals surface area contributed by atoms with Gasteiger partial charge in [-0.3, -0.25) is 4.79 Å². The van der Waals surface area contributed by atoms with Crippen LogP contribution in [0.15, 0.2) is 24.4 Å². The normalized spacial score (nSPS) is 11.5. The molecule has 1 aromatic carbocycles. The number of nitrogens with one attached hydrogen (secondary N) is 1. The number of carboxylic acids is 1. The molecule has 0 spiro atoms. The van der Waals surface area contributed by atoms with Gasteiger partial charge in [-0.1, -0.05) is 0 Å². The van der Waals surface area contributed by atoms with Crippen LogP contribution in [0.3, 0.4) is 0 Å². The van der Waals surface area contributed by atoms with Crippen LogP contribution in [-0.2, 0) is 4.79 Å². The molecule has 0 saturated heterocycles. The highest BCUT2D eigenvalue weighted by atomic mass is 32.2. The Hall–Kier alpha value is -1.86. The summed E-state index contributed by atoms with van der Waals surface area (Å²) >= 11 is 1.60. The van der Waals surface area contributed by atoms with E-state index in [0.717, 1.165) is 28.2 Å². The van der Waals surface area contributed by atoms with Gasteiger partial charge in [-0.2, -0.15) is 11.8 Å². The van der Waals surface area contributed by atoms with Crippen LogP contribution in [0.1, 0.15) is 6.42 Å². The number of carbonyl (C=O) groups is 1. The highest BCUT2D eigenvalue weighted by Crippen LogP contribution is 2.31. The first-order valence-corrected chi connectivity index (χ1v) is 8.09. The average molecular weight is 326 g/mol. The van der Waals surface area contributed by atoms with E-state index in [2.05, 4.69) is 4.98 Å². The molecule has 1 heterocycles. The van der Waals surface area contributed by atoms with Gasteiger partial charge in [-0.25, -0.2) is 0 Å². The summed E-state index contributed by atoms with van der Waals surface area (Å²) in [6.07, 6.45) is 4.37. The van der Waals surface area contributed by atoms with Gasteiger partial charge in [0.15, 0.2) is 11.5 Å². The maximum Gasteiger partial charge on any atom is 0.320 e. The standard InChI is InChI=1S/C10H11NO2.C5H11NO2S/c1-12-9-5-7-3-4-11-8(7)6-10(9)13-2;1-9-3-2-4(6)5(7)8/h3-6,11H,1-2H3;4H,2-3,6H2,1H3,(H,7,8)/t;4-/m.0/s1. The Morgan fingerprint density at radius 1 is 1.36 bits per heavy atom.